The molecule has 138 valence electrons. The number of carboxylic acids is 1. The Morgan fingerprint density at radius 3 is 2.12 bits per heavy atom. The van der Waals surface area contributed by atoms with Gasteiger partial charge < -0.3 is 5.11 Å². The van der Waals surface area contributed by atoms with Crippen molar-refractivity contribution in [2.75, 3.05) is 6.54 Å². The van der Waals surface area contributed by atoms with Crippen molar-refractivity contribution in [3.63, 3.8) is 0 Å². The monoisotopic (exact) mass is 383 g/mol. The second kappa shape index (κ2) is 7.29. The molecule has 2 unspecified atom stereocenters. The van der Waals surface area contributed by atoms with E-state index in [9.17, 15) is 23.1 Å². The first-order chi connectivity index (χ1) is 12.3. The van der Waals surface area contributed by atoms with Crippen molar-refractivity contribution < 1.29 is 23.1 Å². The molecule has 0 bridgehead atoms. The molecule has 0 saturated carbocycles. The summed E-state index contributed by atoms with van der Waals surface area (Å²) in [5.74, 6) is -0.923. The highest BCUT2D eigenvalue weighted by Crippen LogP contribution is 2.37. The number of halogens is 4. The molecule has 0 spiro atoms. The fourth-order valence-electron chi connectivity index (χ4n) is 3.44. The first kappa shape index (κ1) is 18.7. The lowest BCUT2D eigenvalue weighted by Gasteiger charge is -2.32. The highest BCUT2D eigenvalue weighted by molar-refractivity contribution is 6.30. The normalized spacial score (nSPS) is 19.5. The van der Waals surface area contributed by atoms with E-state index in [1.165, 1.54) is 12.1 Å². The standard InChI is InChI=1S/C19H17ClF3NO2/c20-15-9-5-13(6-10-15)17(24-11-1-2-16(24)18(25)26)12-3-7-14(8-4-12)19(21,22)23/h3-10,16-17H,1-2,11H2,(H,25,26). The minimum absolute atomic E-state index is 0.446. The Balaban J connectivity index is 2.03. The van der Waals surface area contributed by atoms with Gasteiger partial charge in [0.05, 0.1) is 11.6 Å². The van der Waals surface area contributed by atoms with E-state index in [4.69, 9.17) is 11.6 Å². The summed E-state index contributed by atoms with van der Waals surface area (Å²) in [5.41, 5.74) is 0.683. The Morgan fingerprint density at radius 1 is 1.08 bits per heavy atom. The van der Waals surface area contributed by atoms with Gasteiger partial charge in [0.25, 0.3) is 0 Å². The molecule has 2 aromatic carbocycles. The van der Waals surface area contributed by atoms with Gasteiger partial charge >= 0.3 is 12.1 Å². The number of nitrogens with zero attached hydrogens (tertiary/aromatic N) is 1. The third-order valence-electron chi connectivity index (χ3n) is 4.65. The minimum atomic E-state index is -4.41. The highest BCUT2D eigenvalue weighted by Gasteiger charge is 2.37. The third kappa shape index (κ3) is 3.86. The maximum absolute atomic E-state index is 12.9. The Kier molecular flexibility index (Phi) is 5.25. The number of alkyl halides is 3. The maximum Gasteiger partial charge on any atom is 0.416 e. The summed E-state index contributed by atoms with van der Waals surface area (Å²) >= 11 is 5.94. The summed E-state index contributed by atoms with van der Waals surface area (Å²) in [4.78, 5) is 13.4. The van der Waals surface area contributed by atoms with Gasteiger partial charge in [0.1, 0.15) is 6.04 Å². The Bertz CT molecular complexity index is 775. The molecule has 1 aliphatic rings. The molecule has 1 saturated heterocycles. The molecule has 7 heteroatoms. The van der Waals surface area contributed by atoms with E-state index >= 15 is 0 Å². The Morgan fingerprint density at radius 2 is 1.62 bits per heavy atom. The molecular formula is C19H17ClF3NO2. The van der Waals surface area contributed by atoms with Crippen LogP contribution in [0.1, 0.15) is 35.6 Å². The SMILES string of the molecule is O=C(O)C1CCCN1C(c1ccc(Cl)cc1)c1ccc(C(F)(F)F)cc1. The smallest absolute Gasteiger partial charge is 0.416 e. The van der Waals surface area contributed by atoms with Gasteiger partial charge in [-0.3, -0.25) is 9.69 Å². The lowest BCUT2D eigenvalue weighted by atomic mass is 9.95. The van der Waals surface area contributed by atoms with Gasteiger partial charge in [-0.1, -0.05) is 35.9 Å². The average molecular weight is 384 g/mol. The molecule has 3 rings (SSSR count). The molecule has 1 aliphatic heterocycles. The number of carboxylic acid groups (broad SMARTS) is 1. The number of benzene rings is 2. The van der Waals surface area contributed by atoms with Gasteiger partial charge in [0, 0.05) is 11.6 Å². The van der Waals surface area contributed by atoms with Gasteiger partial charge in [0.15, 0.2) is 0 Å². The number of likely N-dealkylation sites (tertiary alicyclic amines) is 1. The molecule has 0 aliphatic carbocycles. The summed E-state index contributed by atoms with van der Waals surface area (Å²) in [5, 5.41) is 10.0. The molecule has 0 aromatic heterocycles. The van der Waals surface area contributed by atoms with E-state index in [1.54, 1.807) is 24.3 Å². The molecule has 26 heavy (non-hydrogen) atoms. The zero-order chi connectivity index (χ0) is 18.9. The summed E-state index contributed by atoms with van der Waals surface area (Å²) < 4.78 is 38.6. The van der Waals surface area contributed by atoms with Gasteiger partial charge in [-0.2, -0.15) is 13.2 Å². The quantitative estimate of drug-likeness (QED) is 0.808. The minimum Gasteiger partial charge on any atom is -0.480 e. The fourth-order valence-corrected chi connectivity index (χ4v) is 3.56. The Hall–Kier alpha value is -2.05. The van der Waals surface area contributed by atoms with Crippen molar-refractivity contribution in [2.45, 2.75) is 31.1 Å². The molecule has 3 nitrogen and oxygen atoms in total. The zero-order valence-electron chi connectivity index (χ0n) is 13.7. The van der Waals surface area contributed by atoms with Crippen LogP contribution in [0.25, 0.3) is 0 Å². The number of carbonyl (C=O) groups is 1. The van der Waals surface area contributed by atoms with Crippen molar-refractivity contribution in [3.8, 4) is 0 Å². The van der Waals surface area contributed by atoms with E-state index in [0.717, 1.165) is 24.1 Å². The predicted octanol–water partition coefficient (Wildman–Crippen LogP) is 5.00. The predicted molar refractivity (Wildman–Crippen MR) is 92.1 cm³/mol. The van der Waals surface area contributed by atoms with Crippen LogP contribution in [0.4, 0.5) is 13.2 Å². The summed E-state index contributed by atoms with van der Waals surface area (Å²) in [6.07, 6.45) is -3.17. The van der Waals surface area contributed by atoms with Crippen LogP contribution in [0.3, 0.4) is 0 Å². The third-order valence-corrected chi connectivity index (χ3v) is 4.90. The van der Waals surface area contributed by atoms with E-state index in [0.29, 0.717) is 23.6 Å². The topological polar surface area (TPSA) is 40.5 Å². The van der Waals surface area contributed by atoms with Crippen LogP contribution < -0.4 is 0 Å². The largest absolute Gasteiger partial charge is 0.480 e. The average Bonchev–Trinajstić information content (AvgIpc) is 3.06. The van der Waals surface area contributed by atoms with E-state index < -0.39 is 29.8 Å². The molecule has 2 atom stereocenters. The number of hydrogen-bond donors (Lipinski definition) is 1. The fraction of sp³-hybridized carbons (Fsp3) is 0.316. The molecule has 2 aromatic rings. The van der Waals surface area contributed by atoms with Crippen molar-refractivity contribution in [1.29, 1.82) is 0 Å². The van der Waals surface area contributed by atoms with Crippen molar-refractivity contribution in [3.05, 3.63) is 70.2 Å². The zero-order valence-corrected chi connectivity index (χ0v) is 14.5. The number of hydrogen-bond acceptors (Lipinski definition) is 2. The number of rotatable bonds is 4. The molecule has 1 N–H and O–H groups in total. The van der Waals surface area contributed by atoms with Crippen molar-refractivity contribution >= 4 is 17.6 Å². The van der Waals surface area contributed by atoms with Crippen molar-refractivity contribution in [1.82, 2.24) is 4.90 Å². The summed E-state index contributed by atoms with van der Waals surface area (Å²) in [6.45, 7) is 0.561. The lowest BCUT2D eigenvalue weighted by molar-refractivity contribution is -0.142. The van der Waals surface area contributed by atoms with Crippen LogP contribution >= 0.6 is 11.6 Å². The lowest BCUT2D eigenvalue weighted by Crippen LogP contribution is -2.39. The molecule has 1 fully saturated rings. The molecule has 0 radical (unpaired) electrons. The highest BCUT2D eigenvalue weighted by atomic mass is 35.5. The number of aliphatic carboxylic acids is 1. The van der Waals surface area contributed by atoms with Gasteiger partial charge in [-0.05, 0) is 48.2 Å². The van der Waals surface area contributed by atoms with Crippen LogP contribution in [0.5, 0.6) is 0 Å². The first-order valence-electron chi connectivity index (χ1n) is 8.18. The van der Waals surface area contributed by atoms with E-state index in [-0.39, 0.29) is 0 Å². The van der Waals surface area contributed by atoms with Crippen LogP contribution in [-0.4, -0.2) is 28.6 Å². The first-order valence-corrected chi connectivity index (χ1v) is 8.56. The van der Waals surface area contributed by atoms with Crippen LogP contribution in [-0.2, 0) is 11.0 Å². The van der Waals surface area contributed by atoms with E-state index in [1.807, 2.05) is 4.90 Å². The second-order valence-electron chi connectivity index (χ2n) is 6.31. The molecule has 0 amide bonds. The maximum atomic E-state index is 12.9. The van der Waals surface area contributed by atoms with Gasteiger partial charge in [-0.25, -0.2) is 0 Å². The van der Waals surface area contributed by atoms with Gasteiger partial charge in [-0.15, -0.1) is 0 Å². The second-order valence-corrected chi connectivity index (χ2v) is 6.74. The van der Waals surface area contributed by atoms with Crippen LogP contribution in [0.15, 0.2) is 48.5 Å². The van der Waals surface area contributed by atoms with Gasteiger partial charge in [0.2, 0.25) is 0 Å². The van der Waals surface area contributed by atoms with Crippen LogP contribution in [0, 0.1) is 0 Å². The summed E-state index contributed by atoms with van der Waals surface area (Å²) in [7, 11) is 0. The van der Waals surface area contributed by atoms with Crippen molar-refractivity contribution in [2.24, 2.45) is 0 Å². The molecular weight excluding hydrogens is 367 g/mol. The molecule has 1 heterocycles. The van der Waals surface area contributed by atoms with E-state index in [2.05, 4.69) is 0 Å². The Labute approximate surface area is 154 Å². The van der Waals surface area contributed by atoms with Crippen LogP contribution in [0.2, 0.25) is 5.02 Å². The summed E-state index contributed by atoms with van der Waals surface area (Å²) in [6, 6.07) is 10.7.